The van der Waals surface area contributed by atoms with Crippen molar-refractivity contribution in [1.82, 2.24) is 10.3 Å². The van der Waals surface area contributed by atoms with E-state index in [2.05, 4.69) is 20.9 Å². The summed E-state index contributed by atoms with van der Waals surface area (Å²) in [5, 5.41) is 14.5. The molecule has 0 atom stereocenters. The van der Waals surface area contributed by atoms with Gasteiger partial charge in [-0.3, -0.25) is 9.59 Å². The molecule has 0 saturated heterocycles. The Morgan fingerprint density at radius 3 is 1.02 bits per heavy atom. The van der Waals surface area contributed by atoms with Crippen LogP contribution in [0.25, 0.3) is 44.8 Å². The van der Waals surface area contributed by atoms with Gasteiger partial charge in [-0.1, -0.05) is 34.6 Å². The van der Waals surface area contributed by atoms with Gasteiger partial charge < -0.3 is 38.6 Å². The highest BCUT2D eigenvalue weighted by molar-refractivity contribution is 5.96. The van der Waals surface area contributed by atoms with Crippen molar-refractivity contribution in [3.8, 4) is 67.8 Å². The average molecular weight is 751 g/mol. The Morgan fingerprint density at radius 1 is 0.446 bits per heavy atom. The minimum absolute atomic E-state index is 0.0742. The number of ether oxygens (including phenoxy) is 4. The van der Waals surface area contributed by atoms with Crippen LogP contribution >= 0.6 is 0 Å². The lowest BCUT2D eigenvalue weighted by Crippen LogP contribution is -2.16. The van der Waals surface area contributed by atoms with Crippen LogP contribution in [0.4, 0.5) is 11.4 Å². The third-order valence-corrected chi connectivity index (χ3v) is 9.10. The lowest BCUT2D eigenvalue weighted by molar-refractivity contribution is -0.116. The molecule has 7 rings (SSSR count). The highest BCUT2D eigenvalue weighted by atomic mass is 16.5. The number of benzene rings is 5. The van der Waals surface area contributed by atoms with E-state index in [0.717, 1.165) is 22.3 Å². The number of anilines is 2. The van der Waals surface area contributed by atoms with Crippen LogP contribution in [0.3, 0.4) is 0 Å². The summed E-state index contributed by atoms with van der Waals surface area (Å²) in [5.74, 6) is 3.01. The van der Waals surface area contributed by atoms with E-state index in [9.17, 15) is 9.59 Å². The SMILES string of the molecule is COc1ccc(-c2noc(CC(=O)Nc3ccc(NC(=O)Cc4onc(-c5ccc(OC)cc5)c4-c4ccc(OC)cc4)cc3)c2-c2ccc(OC)cc2)cc1. The molecule has 2 aromatic heterocycles. The molecule has 0 fully saturated rings. The number of amides is 2. The molecule has 0 saturated carbocycles. The van der Waals surface area contributed by atoms with E-state index in [0.29, 0.717) is 68.4 Å². The molecule has 12 heteroatoms. The van der Waals surface area contributed by atoms with E-state index in [1.54, 1.807) is 52.7 Å². The number of aromatic nitrogens is 2. The van der Waals surface area contributed by atoms with Crippen LogP contribution in [0.1, 0.15) is 11.5 Å². The number of carbonyl (C=O) groups is 2. The zero-order valence-corrected chi connectivity index (χ0v) is 31.1. The monoisotopic (exact) mass is 750 g/mol. The predicted molar refractivity (Wildman–Crippen MR) is 212 cm³/mol. The summed E-state index contributed by atoms with van der Waals surface area (Å²) in [7, 11) is 6.42. The molecule has 7 aromatic rings. The van der Waals surface area contributed by atoms with Crippen LogP contribution in [-0.4, -0.2) is 50.6 Å². The lowest BCUT2D eigenvalue weighted by atomic mass is 9.97. The number of hydrogen-bond acceptors (Lipinski definition) is 10. The minimum Gasteiger partial charge on any atom is -0.497 e. The van der Waals surface area contributed by atoms with Gasteiger partial charge in [0.05, 0.1) is 52.4 Å². The van der Waals surface area contributed by atoms with Crippen LogP contribution in [0.15, 0.2) is 130 Å². The Labute approximate surface area is 323 Å². The Morgan fingerprint density at radius 2 is 0.732 bits per heavy atom. The summed E-state index contributed by atoms with van der Waals surface area (Å²) in [6.07, 6.45) is -0.148. The van der Waals surface area contributed by atoms with E-state index < -0.39 is 0 Å². The normalized spacial score (nSPS) is 10.8. The maximum absolute atomic E-state index is 13.3. The van der Waals surface area contributed by atoms with Crippen LogP contribution in [0, 0.1) is 0 Å². The van der Waals surface area contributed by atoms with Crippen molar-refractivity contribution >= 4 is 23.2 Å². The highest BCUT2D eigenvalue weighted by Gasteiger charge is 2.24. The van der Waals surface area contributed by atoms with Crippen LogP contribution in [0.2, 0.25) is 0 Å². The zero-order chi connectivity index (χ0) is 39.0. The summed E-state index contributed by atoms with van der Waals surface area (Å²) in [6, 6.07) is 36.7. The van der Waals surface area contributed by atoms with Gasteiger partial charge in [0.15, 0.2) is 11.5 Å². The molecule has 5 aromatic carbocycles. The molecule has 2 heterocycles. The molecule has 0 bridgehead atoms. The van der Waals surface area contributed by atoms with Crippen molar-refractivity contribution in [2.75, 3.05) is 39.1 Å². The van der Waals surface area contributed by atoms with Crippen molar-refractivity contribution in [3.63, 3.8) is 0 Å². The summed E-state index contributed by atoms with van der Waals surface area (Å²) < 4.78 is 32.9. The Balaban J connectivity index is 1.04. The second-order valence-electron chi connectivity index (χ2n) is 12.6. The van der Waals surface area contributed by atoms with Gasteiger partial charge in [-0.25, -0.2) is 0 Å². The van der Waals surface area contributed by atoms with E-state index >= 15 is 0 Å². The zero-order valence-electron chi connectivity index (χ0n) is 31.1. The van der Waals surface area contributed by atoms with Crippen LogP contribution in [0.5, 0.6) is 23.0 Å². The van der Waals surface area contributed by atoms with Crippen LogP contribution in [-0.2, 0) is 22.4 Å². The van der Waals surface area contributed by atoms with E-state index in [4.69, 9.17) is 28.0 Å². The van der Waals surface area contributed by atoms with Gasteiger partial charge in [-0.05, 0) is 108 Å². The van der Waals surface area contributed by atoms with Gasteiger partial charge in [-0.15, -0.1) is 0 Å². The fraction of sp³-hybridized carbons (Fsp3) is 0.136. The van der Waals surface area contributed by atoms with Crippen molar-refractivity contribution in [2.24, 2.45) is 0 Å². The molecule has 2 N–H and O–H groups in total. The summed E-state index contributed by atoms with van der Waals surface area (Å²) >= 11 is 0. The predicted octanol–water partition coefficient (Wildman–Crippen LogP) is 8.73. The summed E-state index contributed by atoms with van der Waals surface area (Å²) in [4.78, 5) is 26.7. The molecular formula is C44H38N4O8. The Bertz CT molecular complexity index is 2250. The number of methoxy groups -OCH3 is 4. The summed E-state index contributed by atoms with van der Waals surface area (Å²) in [6.45, 7) is 0. The van der Waals surface area contributed by atoms with Crippen molar-refractivity contribution in [3.05, 3.63) is 133 Å². The standard InChI is InChI=1S/C44H38N4O8/c1-51-33-17-5-27(6-18-33)41-37(55-47-43(41)29-9-21-35(53-3)22-10-29)25-39(49)45-31-13-15-32(16-14-31)46-40(50)26-38-42(28-7-19-34(52-2)20-8-28)44(48-56-38)30-11-23-36(54-4)24-12-30/h5-24H,25-26H2,1-4H3,(H,45,49)(H,46,50). The molecule has 0 aliphatic heterocycles. The number of carbonyl (C=O) groups excluding carboxylic acids is 2. The molecule has 0 unspecified atom stereocenters. The largest absolute Gasteiger partial charge is 0.497 e. The molecular weight excluding hydrogens is 713 g/mol. The minimum atomic E-state index is -0.307. The quantitative estimate of drug-likeness (QED) is 0.111. The molecule has 282 valence electrons. The third kappa shape index (κ3) is 8.24. The Kier molecular flexibility index (Phi) is 11.1. The molecule has 2 amide bonds. The molecule has 0 aliphatic carbocycles. The highest BCUT2D eigenvalue weighted by Crippen LogP contribution is 2.38. The first-order chi connectivity index (χ1) is 27.3. The van der Waals surface area contributed by atoms with Gasteiger partial charge in [-0.2, -0.15) is 0 Å². The average Bonchev–Trinajstić information content (AvgIpc) is 3.85. The number of nitrogens with zero attached hydrogens (tertiary/aromatic N) is 2. The van der Waals surface area contributed by atoms with E-state index in [1.807, 2.05) is 97.1 Å². The number of rotatable bonds is 14. The van der Waals surface area contributed by atoms with Crippen LogP contribution < -0.4 is 29.6 Å². The molecule has 0 radical (unpaired) electrons. The van der Waals surface area contributed by atoms with Crippen molar-refractivity contribution in [2.45, 2.75) is 12.8 Å². The fourth-order valence-electron chi connectivity index (χ4n) is 6.23. The smallest absolute Gasteiger partial charge is 0.232 e. The van der Waals surface area contributed by atoms with Gasteiger partial charge >= 0.3 is 0 Å². The topological polar surface area (TPSA) is 147 Å². The van der Waals surface area contributed by atoms with Gasteiger partial charge in [0.25, 0.3) is 0 Å². The first-order valence-corrected chi connectivity index (χ1v) is 17.6. The summed E-state index contributed by atoms with van der Waals surface area (Å²) in [5.41, 5.74) is 6.92. The number of hydrogen-bond donors (Lipinski definition) is 2. The first-order valence-electron chi connectivity index (χ1n) is 17.6. The third-order valence-electron chi connectivity index (χ3n) is 9.10. The molecule has 12 nitrogen and oxygen atoms in total. The molecule has 0 spiro atoms. The van der Waals surface area contributed by atoms with E-state index in [-0.39, 0.29) is 24.7 Å². The van der Waals surface area contributed by atoms with Gasteiger partial charge in [0.1, 0.15) is 34.4 Å². The number of nitrogens with one attached hydrogen (secondary N) is 2. The van der Waals surface area contributed by atoms with Gasteiger partial charge in [0, 0.05) is 22.5 Å². The van der Waals surface area contributed by atoms with E-state index in [1.165, 1.54) is 0 Å². The first kappa shape index (κ1) is 37.0. The lowest BCUT2D eigenvalue weighted by Gasteiger charge is -2.09. The maximum Gasteiger partial charge on any atom is 0.232 e. The van der Waals surface area contributed by atoms with Gasteiger partial charge in [0.2, 0.25) is 11.8 Å². The fourth-order valence-corrected chi connectivity index (χ4v) is 6.23. The van der Waals surface area contributed by atoms with Crippen molar-refractivity contribution < 1.29 is 37.6 Å². The second kappa shape index (κ2) is 16.8. The maximum atomic E-state index is 13.3. The van der Waals surface area contributed by atoms with Crippen molar-refractivity contribution in [1.29, 1.82) is 0 Å². The molecule has 0 aliphatic rings. The Hall–Kier alpha value is -7.34. The second-order valence-corrected chi connectivity index (χ2v) is 12.6. The molecule has 56 heavy (non-hydrogen) atoms.